The summed E-state index contributed by atoms with van der Waals surface area (Å²) in [7, 11) is 0. The first kappa shape index (κ1) is 9.11. The fourth-order valence-electron chi connectivity index (χ4n) is 0.748. The molecule has 0 spiro atoms. The highest BCUT2D eigenvalue weighted by Crippen LogP contribution is 2.29. The number of nitrogens with zero attached hydrogens (tertiary/aromatic N) is 2. The van der Waals surface area contributed by atoms with Crippen molar-refractivity contribution in [2.75, 3.05) is 5.73 Å². The molecule has 0 aliphatic carbocycles. The SMILES string of the molecule is Cc1c(C#N)nc(Cl)c(N)c1Cl. The third-order valence-corrected chi connectivity index (χ3v) is 2.23. The first-order valence-corrected chi connectivity index (χ1v) is 3.84. The van der Waals surface area contributed by atoms with Crippen LogP contribution in [0.1, 0.15) is 11.3 Å². The second-order valence-corrected chi connectivity index (χ2v) is 2.95. The fourth-order valence-corrected chi connectivity index (χ4v) is 1.15. The highest BCUT2D eigenvalue weighted by Gasteiger charge is 2.11. The molecule has 3 nitrogen and oxygen atoms in total. The van der Waals surface area contributed by atoms with Crippen LogP contribution in [0.25, 0.3) is 0 Å². The molecule has 0 radical (unpaired) electrons. The fraction of sp³-hybridized carbons (Fsp3) is 0.143. The van der Waals surface area contributed by atoms with Gasteiger partial charge in [-0.3, -0.25) is 0 Å². The van der Waals surface area contributed by atoms with Crippen LogP contribution in [0, 0.1) is 18.3 Å². The van der Waals surface area contributed by atoms with Crippen molar-refractivity contribution in [3.63, 3.8) is 0 Å². The van der Waals surface area contributed by atoms with Gasteiger partial charge in [0.1, 0.15) is 11.8 Å². The van der Waals surface area contributed by atoms with Crippen LogP contribution in [0.3, 0.4) is 0 Å². The highest BCUT2D eigenvalue weighted by molar-refractivity contribution is 6.38. The lowest BCUT2D eigenvalue weighted by Crippen LogP contribution is -1.97. The van der Waals surface area contributed by atoms with Crippen LogP contribution in [0.15, 0.2) is 0 Å². The molecule has 0 atom stereocenters. The van der Waals surface area contributed by atoms with Crippen molar-refractivity contribution in [3.8, 4) is 6.07 Å². The molecule has 0 unspecified atom stereocenters. The first-order chi connectivity index (χ1) is 5.57. The molecule has 1 heterocycles. The van der Waals surface area contributed by atoms with E-state index in [1.807, 2.05) is 6.07 Å². The zero-order valence-electron chi connectivity index (χ0n) is 6.23. The lowest BCUT2D eigenvalue weighted by Gasteiger charge is -2.04. The van der Waals surface area contributed by atoms with Gasteiger partial charge < -0.3 is 5.73 Å². The predicted molar refractivity (Wildman–Crippen MR) is 48.1 cm³/mol. The number of pyridine rings is 1. The Morgan fingerprint density at radius 2 is 2.08 bits per heavy atom. The maximum Gasteiger partial charge on any atom is 0.155 e. The molecule has 62 valence electrons. The summed E-state index contributed by atoms with van der Waals surface area (Å²) in [5.41, 5.74) is 6.45. The number of aromatic nitrogens is 1. The van der Waals surface area contributed by atoms with Gasteiger partial charge in [-0.1, -0.05) is 23.2 Å². The Hall–Kier alpha value is -0.980. The highest BCUT2D eigenvalue weighted by atomic mass is 35.5. The van der Waals surface area contributed by atoms with Crippen molar-refractivity contribution >= 4 is 28.9 Å². The monoisotopic (exact) mass is 201 g/mol. The van der Waals surface area contributed by atoms with Crippen molar-refractivity contribution in [1.82, 2.24) is 4.98 Å². The summed E-state index contributed by atoms with van der Waals surface area (Å²) in [6.45, 7) is 1.67. The molecule has 0 saturated heterocycles. The van der Waals surface area contributed by atoms with E-state index in [9.17, 15) is 0 Å². The normalized spacial score (nSPS) is 9.50. The summed E-state index contributed by atoms with van der Waals surface area (Å²) in [6, 6.07) is 1.87. The van der Waals surface area contributed by atoms with E-state index in [1.54, 1.807) is 6.92 Å². The maximum atomic E-state index is 8.59. The molecule has 0 aliphatic heterocycles. The average Bonchev–Trinajstić information content (AvgIpc) is 2.08. The molecule has 1 aromatic heterocycles. The van der Waals surface area contributed by atoms with Crippen LogP contribution >= 0.6 is 23.2 Å². The minimum absolute atomic E-state index is 0.0714. The maximum absolute atomic E-state index is 8.59. The minimum atomic E-state index is 0.0714. The number of nitrogen functional groups attached to an aromatic ring is 1. The van der Waals surface area contributed by atoms with Crippen molar-refractivity contribution in [3.05, 3.63) is 21.4 Å². The van der Waals surface area contributed by atoms with Gasteiger partial charge in [0.05, 0.1) is 10.7 Å². The zero-order valence-corrected chi connectivity index (χ0v) is 7.74. The second-order valence-electron chi connectivity index (χ2n) is 2.22. The molecule has 5 heteroatoms. The van der Waals surface area contributed by atoms with E-state index >= 15 is 0 Å². The molecule has 0 fully saturated rings. The smallest absolute Gasteiger partial charge is 0.155 e. The largest absolute Gasteiger partial charge is 0.395 e. The van der Waals surface area contributed by atoms with Crippen LogP contribution in [-0.4, -0.2) is 4.98 Å². The molecule has 0 aliphatic rings. The third-order valence-electron chi connectivity index (χ3n) is 1.46. The van der Waals surface area contributed by atoms with Crippen molar-refractivity contribution < 1.29 is 0 Å². The number of nitrogens with two attached hydrogens (primary N) is 1. The van der Waals surface area contributed by atoms with Crippen molar-refractivity contribution in [2.24, 2.45) is 0 Å². The molecule has 0 aromatic carbocycles. The quantitative estimate of drug-likeness (QED) is 0.655. The number of hydrogen-bond acceptors (Lipinski definition) is 3. The van der Waals surface area contributed by atoms with Crippen LogP contribution in [-0.2, 0) is 0 Å². The number of halogens is 2. The topological polar surface area (TPSA) is 62.7 Å². The lowest BCUT2D eigenvalue weighted by molar-refractivity contribution is 1.21. The Balaban J connectivity index is 3.52. The Kier molecular flexibility index (Phi) is 2.41. The first-order valence-electron chi connectivity index (χ1n) is 3.09. The molecule has 1 aromatic rings. The van der Waals surface area contributed by atoms with E-state index in [0.717, 1.165) is 0 Å². The third kappa shape index (κ3) is 1.31. The average molecular weight is 202 g/mol. The standard InChI is InChI=1S/C7H5Cl2N3/c1-3-4(2-10)12-7(9)6(11)5(3)8/h11H2,1H3. The van der Waals surface area contributed by atoms with Gasteiger partial charge in [0, 0.05) is 5.56 Å². The molecule has 2 N–H and O–H groups in total. The van der Waals surface area contributed by atoms with Gasteiger partial charge in [-0.2, -0.15) is 5.26 Å². The van der Waals surface area contributed by atoms with E-state index in [4.69, 9.17) is 34.2 Å². The Morgan fingerprint density at radius 3 is 2.58 bits per heavy atom. The van der Waals surface area contributed by atoms with Crippen LogP contribution < -0.4 is 5.73 Å². The number of hydrogen-bond donors (Lipinski definition) is 1. The van der Waals surface area contributed by atoms with E-state index < -0.39 is 0 Å². The van der Waals surface area contributed by atoms with E-state index in [1.165, 1.54) is 0 Å². The van der Waals surface area contributed by atoms with E-state index in [-0.39, 0.29) is 16.5 Å². The van der Waals surface area contributed by atoms with E-state index in [2.05, 4.69) is 4.98 Å². The Bertz CT molecular complexity index is 368. The van der Waals surface area contributed by atoms with Gasteiger partial charge in [-0.05, 0) is 6.92 Å². The van der Waals surface area contributed by atoms with Gasteiger partial charge in [0.25, 0.3) is 0 Å². The van der Waals surface area contributed by atoms with Gasteiger partial charge in [-0.15, -0.1) is 0 Å². The summed E-state index contributed by atoms with van der Waals surface area (Å²) in [4.78, 5) is 3.75. The van der Waals surface area contributed by atoms with Gasteiger partial charge in [0.2, 0.25) is 0 Å². The second kappa shape index (κ2) is 3.18. The lowest BCUT2D eigenvalue weighted by atomic mass is 10.2. The molecule has 0 amide bonds. The molecule has 0 saturated carbocycles. The number of anilines is 1. The summed E-state index contributed by atoms with van der Waals surface area (Å²) in [6.07, 6.45) is 0. The molecular weight excluding hydrogens is 197 g/mol. The number of rotatable bonds is 0. The summed E-state index contributed by atoms with van der Waals surface area (Å²) in [5, 5.41) is 8.96. The molecule has 0 bridgehead atoms. The summed E-state index contributed by atoms with van der Waals surface area (Å²) >= 11 is 11.4. The van der Waals surface area contributed by atoms with Crippen LogP contribution in [0.4, 0.5) is 5.69 Å². The van der Waals surface area contributed by atoms with Crippen LogP contribution in [0.2, 0.25) is 10.2 Å². The molecule has 12 heavy (non-hydrogen) atoms. The Labute approximate surface area is 79.7 Å². The van der Waals surface area contributed by atoms with Crippen LogP contribution in [0.5, 0.6) is 0 Å². The predicted octanol–water partition coefficient (Wildman–Crippen LogP) is 2.15. The Morgan fingerprint density at radius 1 is 1.50 bits per heavy atom. The molecular formula is C7H5Cl2N3. The van der Waals surface area contributed by atoms with Gasteiger partial charge >= 0.3 is 0 Å². The molecule has 1 rings (SSSR count). The minimum Gasteiger partial charge on any atom is -0.395 e. The van der Waals surface area contributed by atoms with Crippen molar-refractivity contribution in [1.29, 1.82) is 5.26 Å². The van der Waals surface area contributed by atoms with Crippen molar-refractivity contribution in [2.45, 2.75) is 6.92 Å². The zero-order chi connectivity index (χ0) is 9.30. The summed E-state index contributed by atoms with van der Waals surface area (Å²) in [5.74, 6) is 0. The van der Waals surface area contributed by atoms with E-state index in [0.29, 0.717) is 10.6 Å². The van der Waals surface area contributed by atoms with Gasteiger partial charge in [-0.25, -0.2) is 4.98 Å². The van der Waals surface area contributed by atoms with Gasteiger partial charge in [0.15, 0.2) is 5.15 Å². The number of nitriles is 1. The summed E-state index contributed by atoms with van der Waals surface area (Å²) < 4.78 is 0.